The van der Waals surface area contributed by atoms with Crippen LogP contribution in [0.25, 0.3) is 5.52 Å². The lowest BCUT2D eigenvalue weighted by atomic mass is 9.95. The topological polar surface area (TPSA) is 202 Å². The van der Waals surface area contributed by atoms with Crippen LogP contribution in [0, 0.1) is 11.3 Å². The number of benzene rings is 1. The van der Waals surface area contributed by atoms with Gasteiger partial charge in [-0.05, 0) is 57.2 Å². The molecule has 0 fully saturated rings. The Hall–Kier alpha value is -3.77. The summed E-state index contributed by atoms with van der Waals surface area (Å²) in [7, 11) is -1.65. The molecule has 0 saturated heterocycles. The zero-order valence-corrected chi connectivity index (χ0v) is 25.5. The zero-order valence-electron chi connectivity index (χ0n) is 24.6. The first-order valence-corrected chi connectivity index (χ1v) is 14.9. The van der Waals surface area contributed by atoms with E-state index < -0.39 is 44.2 Å². The molecule has 4 atom stereocenters. The smallest absolute Gasteiger partial charge is 0.459 e. The summed E-state index contributed by atoms with van der Waals surface area (Å²) in [5, 5.41) is 28.0. The van der Waals surface area contributed by atoms with Crippen molar-refractivity contribution in [2.45, 2.75) is 51.0 Å². The molecular weight excluding hydrogens is 583 g/mol. The molecule has 3 aromatic rings. The summed E-state index contributed by atoms with van der Waals surface area (Å²) in [6, 6.07) is 10.3. The van der Waals surface area contributed by atoms with Crippen LogP contribution in [0.5, 0.6) is 11.5 Å². The van der Waals surface area contributed by atoms with Gasteiger partial charge in [0.1, 0.15) is 54.8 Å². The Labute approximate surface area is 249 Å². The average molecular weight is 621 g/mol. The van der Waals surface area contributed by atoms with E-state index in [4.69, 9.17) is 33.7 Å². The van der Waals surface area contributed by atoms with E-state index in [1.165, 1.54) is 37.0 Å². The summed E-state index contributed by atoms with van der Waals surface area (Å²) in [6.07, 6.45) is -0.769. The van der Waals surface area contributed by atoms with Crippen LogP contribution >= 0.6 is 7.75 Å². The van der Waals surface area contributed by atoms with E-state index in [0.29, 0.717) is 30.2 Å². The first-order chi connectivity index (χ1) is 20.5. The molecule has 0 spiro atoms. The maximum absolute atomic E-state index is 14.0. The summed E-state index contributed by atoms with van der Waals surface area (Å²) < 4.78 is 48.0. The Kier molecular flexibility index (Phi) is 11.8. The van der Waals surface area contributed by atoms with Crippen molar-refractivity contribution in [3.63, 3.8) is 0 Å². The van der Waals surface area contributed by atoms with Crippen LogP contribution in [0.3, 0.4) is 0 Å². The molecule has 0 aliphatic carbocycles. The Morgan fingerprint density at radius 2 is 1.86 bits per heavy atom. The highest BCUT2D eigenvalue weighted by Gasteiger charge is 2.44. The maximum atomic E-state index is 14.0. The van der Waals surface area contributed by atoms with Crippen molar-refractivity contribution in [1.82, 2.24) is 19.7 Å². The minimum absolute atomic E-state index is 0.108. The second kappa shape index (κ2) is 15.1. The van der Waals surface area contributed by atoms with Gasteiger partial charge in [0.15, 0.2) is 5.82 Å². The van der Waals surface area contributed by atoms with Crippen molar-refractivity contribution < 1.29 is 42.5 Å². The van der Waals surface area contributed by atoms with Crippen molar-refractivity contribution in [2.24, 2.45) is 0 Å². The van der Waals surface area contributed by atoms with E-state index in [-0.39, 0.29) is 18.0 Å². The lowest BCUT2D eigenvalue weighted by molar-refractivity contribution is -0.149. The van der Waals surface area contributed by atoms with Gasteiger partial charge < -0.3 is 34.3 Å². The number of nitrogens with zero attached hydrogens (tertiary/aromatic N) is 4. The average Bonchev–Trinajstić information content (AvgIpc) is 3.38. The fourth-order valence-corrected chi connectivity index (χ4v) is 5.36. The molecule has 1 unspecified atom stereocenters. The summed E-state index contributed by atoms with van der Waals surface area (Å²) in [6.45, 7) is 4.77. The number of nitrogens with one attached hydrogen (secondary N) is 1. The van der Waals surface area contributed by atoms with Gasteiger partial charge in [0.2, 0.25) is 5.60 Å². The molecule has 4 N–H and O–H groups in total. The van der Waals surface area contributed by atoms with Gasteiger partial charge in [0.25, 0.3) is 0 Å². The van der Waals surface area contributed by atoms with Crippen LogP contribution in [0.1, 0.15) is 26.5 Å². The molecule has 2 heterocycles. The van der Waals surface area contributed by atoms with E-state index in [0.717, 1.165) is 0 Å². The number of esters is 1. The molecule has 1 aromatic carbocycles. The molecular formula is C27H37N6O9P. The van der Waals surface area contributed by atoms with E-state index in [1.807, 2.05) is 6.07 Å². The number of nitriles is 1. The van der Waals surface area contributed by atoms with Gasteiger partial charge in [0.05, 0.1) is 12.7 Å². The van der Waals surface area contributed by atoms with Crippen LogP contribution < -0.4 is 20.1 Å². The molecule has 0 saturated carbocycles. The number of rotatable bonds is 17. The minimum Gasteiger partial charge on any atom is -0.491 e. The second-order valence-electron chi connectivity index (χ2n) is 9.70. The molecule has 2 aromatic heterocycles. The Morgan fingerprint density at radius 1 is 1.16 bits per heavy atom. The predicted octanol–water partition coefficient (Wildman–Crippen LogP) is 2.28. The molecule has 43 heavy (non-hydrogen) atoms. The summed E-state index contributed by atoms with van der Waals surface area (Å²) in [5.41, 5.74) is 4.90. The van der Waals surface area contributed by atoms with Crippen molar-refractivity contribution in [3.8, 4) is 17.6 Å². The van der Waals surface area contributed by atoms with Crippen molar-refractivity contribution >= 4 is 25.1 Å². The monoisotopic (exact) mass is 620 g/mol. The maximum Gasteiger partial charge on any atom is 0.459 e. The molecule has 0 aliphatic rings. The highest BCUT2D eigenvalue weighted by Crippen LogP contribution is 2.46. The number of hydrogen-bond donors (Lipinski definition) is 3. The van der Waals surface area contributed by atoms with E-state index >= 15 is 0 Å². The highest BCUT2D eigenvalue weighted by atomic mass is 31.2. The first kappa shape index (κ1) is 33.7. The molecule has 0 aliphatic heterocycles. The molecule has 0 amide bonds. The lowest BCUT2D eigenvalue weighted by Crippen LogP contribution is -2.49. The largest absolute Gasteiger partial charge is 0.491 e. The van der Waals surface area contributed by atoms with Crippen LogP contribution in [-0.2, 0) is 34.5 Å². The number of aromatic nitrogens is 3. The van der Waals surface area contributed by atoms with Gasteiger partial charge in [-0.1, -0.05) is 0 Å². The summed E-state index contributed by atoms with van der Waals surface area (Å²) in [5.74, 6) is 0.153. The molecule has 234 valence electrons. The number of methoxy groups -OCH3 is 2. The third-order valence-electron chi connectivity index (χ3n) is 6.17. The Morgan fingerprint density at radius 3 is 2.49 bits per heavy atom. The number of carbonyl (C=O) groups is 1. The van der Waals surface area contributed by atoms with Gasteiger partial charge in [-0.2, -0.15) is 15.4 Å². The van der Waals surface area contributed by atoms with Gasteiger partial charge in [-0.25, -0.2) is 14.1 Å². The van der Waals surface area contributed by atoms with Gasteiger partial charge >= 0.3 is 13.7 Å². The van der Waals surface area contributed by atoms with Crippen LogP contribution in [0.4, 0.5) is 5.82 Å². The van der Waals surface area contributed by atoms with Gasteiger partial charge in [-0.15, -0.1) is 0 Å². The number of nitrogen functional groups attached to an aromatic ring is 1. The first-order valence-electron chi connectivity index (χ1n) is 13.3. The van der Waals surface area contributed by atoms with Gasteiger partial charge in [0, 0.05) is 26.3 Å². The fourth-order valence-electron chi connectivity index (χ4n) is 3.84. The SMILES string of the molecule is COCCOc1ccc(OP(=O)(N[C@@H](C)C(=O)OC(C)C)OC[C@@](C#N)(OC)[C@@H](O)Cc2ccc3c(N)ncnn23)cc1. The molecule has 0 radical (unpaired) electrons. The molecule has 3 rings (SSSR count). The van der Waals surface area contributed by atoms with Crippen molar-refractivity contribution in [2.75, 3.05) is 39.8 Å². The zero-order chi connectivity index (χ0) is 31.6. The third-order valence-corrected chi connectivity index (χ3v) is 7.79. The standard InChI is InChI=1S/C27H37N6O9P/c1-18(2)41-26(35)19(3)32-43(36,42-22-9-7-21(8-10-22)39-13-12-37-4)40-16-27(15-28,38-5)24(34)14-20-6-11-23-25(29)30-17-31-33(20)23/h6-11,17-19,24,34H,12-14,16H2,1-5H3,(H,32,36)(H2,29,30,31)/t19-,24-,27+,43?/m0/s1. The number of carbonyl (C=O) groups excluding carboxylic acids is 1. The number of aliphatic hydroxyl groups excluding tert-OH is 1. The van der Waals surface area contributed by atoms with E-state index in [9.17, 15) is 19.7 Å². The lowest BCUT2D eigenvalue weighted by Gasteiger charge is -2.32. The van der Waals surface area contributed by atoms with E-state index in [1.54, 1.807) is 45.2 Å². The predicted molar refractivity (Wildman–Crippen MR) is 154 cm³/mol. The molecule has 16 heteroatoms. The highest BCUT2D eigenvalue weighted by molar-refractivity contribution is 7.52. The number of nitrogens with two attached hydrogens (primary N) is 1. The minimum atomic E-state index is -4.41. The second-order valence-corrected chi connectivity index (χ2v) is 11.4. The summed E-state index contributed by atoms with van der Waals surface area (Å²) in [4.78, 5) is 16.4. The normalized spacial score (nSPS) is 15.7. The number of fused-ring (bicyclic) bond motifs is 1. The fraction of sp³-hybridized carbons (Fsp3) is 0.481. The van der Waals surface area contributed by atoms with Crippen LogP contribution in [0.2, 0.25) is 0 Å². The Bertz CT molecular complexity index is 1440. The number of ether oxygens (including phenoxy) is 4. The van der Waals surface area contributed by atoms with Gasteiger partial charge in [-0.3, -0.25) is 9.32 Å². The van der Waals surface area contributed by atoms with E-state index in [2.05, 4.69) is 15.2 Å². The van der Waals surface area contributed by atoms with Crippen LogP contribution in [-0.4, -0.2) is 83.6 Å². The molecule has 15 nitrogen and oxygen atoms in total. The van der Waals surface area contributed by atoms with Crippen molar-refractivity contribution in [1.29, 1.82) is 5.26 Å². The number of aliphatic hydroxyl groups is 1. The van der Waals surface area contributed by atoms with Crippen molar-refractivity contribution in [3.05, 3.63) is 48.4 Å². The quantitative estimate of drug-likeness (QED) is 0.113. The Balaban J connectivity index is 1.83. The third kappa shape index (κ3) is 8.87. The number of hydrogen-bond acceptors (Lipinski definition) is 13. The molecule has 0 bridgehead atoms. The van der Waals surface area contributed by atoms with Crippen LogP contribution in [0.15, 0.2) is 42.7 Å². The summed E-state index contributed by atoms with van der Waals surface area (Å²) >= 11 is 0. The number of anilines is 1.